The zero-order valence-electron chi connectivity index (χ0n) is 15.9. The molecule has 7 heteroatoms. The SMILES string of the molecule is CC(C)C(NC(=O)c1ccccc1Cl)C(=O)NCCNC(=O)c1ccccc1. The van der Waals surface area contributed by atoms with E-state index < -0.39 is 11.9 Å². The van der Waals surface area contributed by atoms with Crippen LogP contribution in [0, 0.1) is 5.92 Å². The van der Waals surface area contributed by atoms with Gasteiger partial charge in [-0.15, -0.1) is 0 Å². The summed E-state index contributed by atoms with van der Waals surface area (Å²) in [6.07, 6.45) is 0. The van der Waals surface area contributed by atoms with Crippen molar-refractivity contribution in [3.05, 3.63) is 70.7 Å². The van der Waals surface area contributed by atoms with Gasteiger partial charge in [-0.25, -0.2) is 0 Å². The summed E-state index contributed by atoms with van der Waals surface area (Å²) in [7, 11) is 0. The van der Waals surface area contributed by atoms with Crippen LogP contribution in [0.2, 0.25) is 5.02 Å². The van der Waals surface area contributed by atoms with Gasteiger partial charge in [0.05, 0.1) is 10.6 Å². The van der Waals surface area contributed by atoms with Crippen LogP contribution in [0.15, 0.2) is 54.6 Å². The summed E-state index contributed by atoms with van der Waals surface area (Å²) < 4.78 is 0. The van der Waals surface area contributed by atoms with Crippen molar-refractivity contribution in [1.29, 1.82) is 0 Å². The van der Waals surface area contributed by atoms with Gasteiger partial charge in [-0.3, -0.25) is 14.4 Å². The molecule has 0 aliphatic rings. The summed E-state index contributed by atoms with van der Waals surface area (Å²) in [6, 6.07) is 14.8. The molecule has 1 unspecified atom stereocenters. The first-order valence-corrected chi connectivity index (χ1v) is 9.44. The van der Waals surface area contributed by atoms with Gasteiger partial charge >= 0.3 is 0 Å². The molecule has 6 nitrogen and oxygen atoms in total. The van der Waals surface area contributed by atoms with E-state index >= 15 is 0 Å². The Balaban J connectivity index is 1.85. The Kier molecular flexibility index (Phi) is 8.02. The van der Waals surface area contributed by atoms with Crippen molar-refractivity contribution < 1.29 is 14.4 Å². The topological polar surface area (TPSA) is 87.3 Å². The van der Waals surface area contributed by atoms with Gasteiger partial charge in [-0.1, -0.05) is 55.8 Å². The van der Waals surface area contributed by atoms with Gasteiger partial charge in [-0.2, -0.15) is 0 Å². The van der Waals surface area contributed by atoms with Gasteiger partial charge in [0, 0.05) is 18.7 Å². The second kappa shape index (κ2) is 10.5. The van der Waals surface area contributed by atoms with Crippen molar-refractivity contribution in [2.24, 2.45) is 5.92 Å². The van der Waals surface area contributed by atoms with Crippen LogP contribution in [0.5, 0.6) is 0 Å². The molecule has 0 aliphatic carbocycles. The summed E-state index contributed by atoms with van der Waals surface area (Å²) in [6.45, 7) is 4.22. The zero-order chi connectivity index (χ0) is 20.5. The molecule has 0 radical (unpaired) electrons. The molecular formula is C21H24ClN3O3. The van der Waals surface area contributed by atoms with E-state index in [1.165, 1.54) is 0 Å². The van der Waals surface area contributed by atoms with Gasteiger partial charge in [-0.05, 0) is 30.2 Å². The van der Waals surface area contributed by atoms with Crippen LogP contribution >= 0.6 is 11.6 Å². The molecule has 0 aliphatic heterocycles. The number of benzene rings is 2. The summed E-state index contributed by atoms with van der Waals surface area (Å²) in [5.74, 6) is -1.05. The van der Waals surface area contributed by atoms with Crippen LogP contribution < -0.4 is 16.0 Å². The number of amides is 3. The number of halogens is 1. The molecule has 0 aromatic heterocycles. The molecule has 3 N–H and O–H groups in total. The molecule has 0 saturated heterocycles. The normalized spacial score (nSPS) is 11.6. The zero-order valence-corrected chi connectivity index (χ0v) is 16.6. The minimum atomic E-state index is -0.714. The maximum absolute atomic E-state index is 12.5. The van der Waals surface area contributed by atoms with E-state index in [1.807, 2.05) is 19.9 Å². The largest absolute Gasteiger partial charge is 0.353 e. The van der Waals surface area contributed by atoms with Crippen LogP contribution in [-0.2, 0) is 4.79 Å². The lowest BCUT2D eigenvalue weighted by atomic mass is 10.0. The first-order valence-electron chi connectivity index (χ1n) is 9.06. The standard InChI is InChI=1S/C21H24ClN3O3/c1-14(2)18(25-20(27)16-10-6-7-11-17(16)22)21(28)24-13-12-23-19(26)15-8-4-3-5-9-15/h3-11,14,18H,12-13H2,1-2H3,(H,23,26)(H,24,28)(H,25,27). The smallest absolute Gasteiger partial charge is 0.253 e. The van der Waals surface area contributed by atoms with Crippen molar-refractivity contribution in [1.82, 2.24) is 16.0 Å². The Hall–Kier alpha value is -2.86. The highest BCUT2D eigenvalue weighted by Gasteiger charge is 2.25. The fourth-order valence-electron chi connectivity index (χ4n) is 2.56. The maximum Gasteiger partial charge on any atom is 0.253 e. The summed E-state index contributed by atoms with van der Waals surface area (Å²) in [4.78, 5) is 36.9. The van der Waals surface area contributed by atoms with Crippen LogP contribution in [-0.4, -0.2) is 36.9 Å². The molecule has 0 heterocycles. The highest BCUT2D eigenvalue weighted by atomic mass is 35.5. The van der Waals surface area contributed by atoms with E-state index in [-0.39, 0.29) is 30.8 Å². The van der Waals surface area contributed by atoms with E-state index in [0.717, 1.165) is 0 Å². The lowest BCUT2D eigenvalue weighted by molar-refractivity contribution is -0.123. The summed E-state index contributed by atoms with van der Waals surface area (Å²) in [5, 5.41) is 8.53. The molecule has 0 fully saturated rings. The second-order valence-electron chi connectivity index (χ2n) is 6.59. The Morgan fingerprint density at radius 2 is 1.46 bits per heavy atom. The van der Waals surface area contributed by atoms with E-state index in [1.54, 1.807) is 48.5 Å². The van der Waals surface area contributed by atoms with Gasteiger partial charge in [0.15, 0.2) is 0 Å². The highest BCUT2D eigenvalue weighted by Crippen LogP contribution is 2.15. The number of hydrogen-bond acceptors (Lipinski definition) is 3. The fraction of sp³-hybridized carbons (Fsp3) is 0.286. The van der Waals surface area contributed by atoms with Crippen molar-refractivity contribution in [3.8, 4) is 0 Å². The molecule has 1 atom stereocenters. The number of nitrogens with one attached hydrogen (secondary N) is 3. The average molecular weight is 402 g/mol. The molecule has 28 heavy (non-hydrogen) atoms. The van der Waals surface area contributed by atoms with Crippen molar-refractivity contribution in [2.45, 2.75) is 19.9 Å². The lowest BCUT2D eigenvalue weighted by Crippen LogP contribution is -2.50. The van der Waals surface area contributed by atoms with Gasteiger partial charge < -0.3 is 16.0 Å². The number of hydrogen-bond donors (Lipinski definition) is 3. The molecular weight excluding hydrogens is 378 g/mol. The molecule has 2 aromatic rings. The summed E-state index contributed by atoms with van der Waals surface area (Å²) in [5.41, 5.74) is 0.874. The third-order valence-corrected chi connectivity index (χ3v) is 4.43. The Morgan fingerprint density at radius 1 is 0.857 bits per heavy atom. The third kappa shape index (κ3) is 6.09. The third-order valence-electron chi connectivity index (χ3n) is 4.10. The molecule has 2 rings (SSSR count). The van der Waals surface area contributed by atoms with Crippen LogP contribution in [0.3, 0.4) is 0 Å². The van der Waals surface area contributed by atoms with E-state index in [0.29, 0.717) is 16.1 Å². The second-order valence-corrected chi connectivity index (χ2v) is 7.00. The monoisotopic (exact) mass is 401 g/mol. The van der Waals surface area contributed by atoms with E-state index in [2.05, 4.69) is 16.0 Å². The highest BCUT2D eigenvalue weighted by molar-refractivity contribution is 6.33. The van der Waals surface area contributed by atoms with Crippen molar-refractivity contribution >= 4 is 29.3 Å². The van der Waals surface area contributed by atoms with Crippen LogP contribution in [0.4, 0.5) is 0 Å². The molecule has 148 valence electrons. The predicted molar refractivity (Wildman–Crippen MR) is 109 cm³/mol. The number of rotatable bonds is 8. The minimum absolute atomic E-state index is 0.120. The Bertz CT molecular complexity index is 825. The fourth-order valence-corrected chi connectivity index (χ4v) is 2.78. The van der Waals surface area contributed by atoms with E-state index in [9.17, 15) is 14.4 Å². The van der Waals surface area contributed by atoms with Crippen LogP contribution in [0.1, 0.15) is 34.6 Å². The summed E-state index contributed by atoms with van der Waals surface area (Å²) >= 11 is 6.04. The van der Waals surface area contributed by atoms with Gasteiger partial charge in [0.1, 0.15) is 6.04 Å². The predicted octanol–water partition coefficient (Wildman–Crippen LogP) is 2.64. The quantitative estimate of drug-likeness (QED) is 0.594. The Labute approximate surface area is 169 Å². The number of carbonyl (C=O) groups excluding carboxylic acids is 3. The number of carbonyl (C=O) groups is 3. The molecule has 0 bridgehead atoms. The maximum atomic E-state index is 12.5. The van der Waals surface area contributed by atoms with Gasteiger partial charge in [0.25, 0.3) is 11.8 Å². The van der Waals surface area contributed by atoms with Crippen LogP contribution in [0.25, 0.3) is 0 Å². The molecule has 3 amide bonds. The van der Waals surface area contributed by atoms with Gasteiger partial charge in [0.2, 0.25) is 5.91 Å². The lowest BCUT2D eigenvalue weighted by Gasteiger charge is -2.22. The minimum Gasteiger partial charge on any atom is -0.353 e. The molecule has 2 aromatic carbocycles. The van der Waals surface area contributed by atoms with Crippen molar-refractivity contribution in [2.75, 3.05) is 13.1 Å². The molecule has 0 saturated carbocycles. The average Bonchev–Trinajstić information content (AvgIpc) is 2.69. The molecule has 0 spiro atoms. The van der Waals surface area contributed by atoms with Crippen molar-refractivity contribution in [3.63, 3.8) is 0 Å². The van der Waals surface area contributed by atoms with E-state index in [4.69, 9.17) is 11.6 Å². The Morgan fingerprint density at radius 3 is 2.11 bits per heavy atom. The first-order chi connectivity index (χ1) is 13.4. The first kappa shape index (κ1) is 21.4.